The van der Waals surface area contributed by atoms with Gasteiger partial charge in [0.15, 0.2) is 0 Å². The quantitative estimate of drug-likeness (QED) is 0.477. The third kappa shape index (κ3) is 2.70. The summed E-state index contributed by atoms with van der Waals surface area (Å²) in [5.74, 6) is -0.0625. The summed E-state index contributed by atoms with van der Waals surface area (Å²) < 4.78 is 22.1. The van der Waals surface area contributed by atoms with Gasteiger partial charge in [-0.2, -0.15) is 0 Å². The van der Waals surface area contributed by atoms with Gasteiger partial charge in [0.1, 0.15) is 0 Å². The van der Waals surface area contributed by atoms with Crippen molar-refractivity contribution in [1.82, 2.24) is 0 Å². The minimum absolute atomic E-state index is 0.0625. The lowest BCUT2D eigenvalue weighted by Crippen LogP contribution is -2.00. The molecule has 1 aromatic rings. The molecule has 7 heteroatoms. The minimum atomic E-state index is -3.93. The molecule has 0 amide bonds. The maximum atomic E-state index is 11.0. The fourth-order valence-corrected chi connectivity index (χ4v) is 2.09. The van der Waals surface area contributed by atoms with Crippen LogP contribution in [0.4, 0.5) is 5.69 Å². The molecule has 0 fully saturated rings. The van der Waals surface area contributed by atoms with E-state index < -0.39 is 14.0 Å². The Morgan fingerprint density at radius 3 is 2.31 bits per heavy atom. The highest BCUT2D eigenvalue weighted by atomic mass is 35.7. The largest absolute Gasteiger partial charge is 0.274 e. The molecule has 0 saturated carbocycles. The Kier molecular flexibility index (Phi) is 3.54. The molecule has 0 aliphatic heterocycles. The van der Waals surface area contributed by atoms with Gasteiger partial charge in [0.25, 0.3) is 14.7 Å². The Balaban J connectivity index is 3.46. The van der Waals surface area contributed by atoms with Crippen molar-refractivity contribution in [2.24, 2.45) is 0 Å². The topological polar surface area (TPSA) is 77.3 Å². The maximum absolute atomic E-state index is 11.0. The molecule has 0 radical (unpaired) electrons. The fourth-order valence-electron chi connectivity index (χ4n) is 1.32. The zero-order valence-electron chi connectivity index (χ0n) is 8.68. The Hall–Kier alpha value is -1.14. The van der Waals surface area contributed by atoms with Gasteiger partial charge in [-0.05, 0) is 12.0 Å². The second-order valence-electron chi connectivity index (χ2n) is 3.57. The zero-order chi connectivity index (χ0) is 12.5. The second-order valence-corrected chi connectivity index (χ2v) is 6.14. The number of rotatable bonds is 3. The van der Waals surface area contributed by atoms with Gasteiger partial charge >= 0.3 is 0 Å². The number of halogens is 1. The molecule has 16 heavy (non-hydrogen) atoms. The van der Waals surface area contributed by atoms with Gasteiger partial charge in [-0.25, -0.2) is 8.42 Å². The highest BCUT2D eigenvalue weighted by Gasteiger charge is 2.21. The van der Waals surface area contributed by atoms with Crippen molar-refractivity contribution < 1.29 is 13.3 Å². The SMILES string of the molecule is CC(C)c1ccc(S(=O)(=O)Cl)cc1[N+](=O)[O-]. The van der Waals surface area contributed by atoms with Crippen LogP contribution in [-0.2, 0) is 9.05 Å². The Morgan fingerprint density at radius 2 is 1.94 bits per heavy atom. The highest BCUT2D eigenvalue weighted by Crippen LogP contribution is 2.29. The van der Waals surface area contributed by atoms with Gasteiger partial charge in [-0.1, -0.05) is 19.9 Å². The first kappa shape index (κ1) is 12.9. The van der Waals surface area contributed by atoms with Crippen LogP contribution in [0, 0.1) is 10.1 Å². The summed E-state index contributed by atoms with van der Waals surface area (Å²) in [7, 11) is 1.18. The number of benzene rings is 1. The summed E-state index contributed by atoms with van der Waals surface area (Å²) in [6, 6.07) is 3.67. The number of hydrogen-bond acceptors (Lipinski definition) is 4. The molecule has 5 nitrogen and oxygen atoms in total. The Bertz CT molecular complexity index is 524. The van der Waals surface area contributed by atoms with E-state index in [0.717, 1.165) is 6.07 Å². The van der Waals surface area contributed by atoms with E-state index in [-0.39, 0.29) is 16.5 Å². The zero-order valence-corrected chi connectivity index (χ0v) is 10.2. The Labute approximate surface area is 97.6 Å². The van der Waals surface area contributed by atoms with Crippen LogP contribution in [0.5, 0.6) is 0 Å². The molecular formula is C9H10ClNO4S. The summed E-state index contributed by atoms with van der Waals surface area (Å²) in [5.41, 5.74) is 0.255. The molecule has 0 aliphatic rings. The number of nitro benzene ring substituents is 1. The van der Waals surface area contributed by atoms with Crippen LogP contribution >= 0.6 is 10.7 Å². The van der Waals surface area contributed by atoms with Crippen molar-refractivity contribution in [3.63, 3.8) is 0 Å². The lowest BCUT2D eigenvalue weighted by Gasteiger charge is -2.06. The summed E-state index contributed by atoms with van der Waals surface area (Å²) in [6.45, 7) is 3.58. The van der Waals surface area contributed by atoms with Crippen LogP contribution in [0.3, 0.4) is 0 Å². The maximum Gasteiger partial charge on any atom is 0.274 e. The van der Waals surface area contributed by atoms with E-state index >= 15 is 0 Å². The number of nitrogens with zero attached hydrogens (tertiary/aromatic N) is 1. The molecule has 0 saturated heterocycles. The first-order valence-corrected chi connectivity index (χ1v) is 6.77. The van der Waals surface area contributed by atoms with Crippen LogP contribution in [0.1, 0.15) is 25.3 Å². The van der Waals surface area contributed by atoms with Crippen LogP contribution in [0.25, 0.3) is 0 Å². The smallest absolute Gasteiger partial charge is 0.258 e. The van der Waals surface area contributed by atoms with Crippen LogP contribution < -0.4 is 0 Å². The summed E-state index contributed by atoms with van der Waals surface area (Å²) in [4.78, 5) is 9.90. The summed E-state index contributed by atoms with van der Waals surface area (Å²) >= 11 is 0. The van der Waals surface area contributed by atoms with Crippen molar-refractivity contribution in [1.29, 1.82) is 0 Å². The van der Waals surface area contributed by atoms with E-state index in [9.17, 15) is 18.5 Å². The van der Waals surface area contributed by atoms with Crippen molar-refractivity contribution in [3.8, 4) is 0 Å². The van der Waals surface area contributed by atoms with Gasteiger partial charge < -0.3 is 0 Å². The van der Waals surface area contributed by atoms with Crippen molar-refractivity contribution in [2.75, 3.05) is 0 Å². The van der Waals surface area contributed by atoms with Gasteiger partial charge in [-0.3, -0.25) is 10.1 Å². The first-order chi connectivity index (χ1) is 7.23. The molecule has 0 aromatic heterocycles. The van der Waals surface area contributed by atoms with Crippen molar-refractivity contribution in [3.05, 3.63) is 33.9 Å². The fraction of sp³-hybridized carbons (Fsp3) is 0.333. The van der Waals surface area contributed by atoms with E-state index in [1.54, 1.807) is 13.8 Å². The molecule has 0 aliphatic carbocycles. The molecule has 0 unspecified atom stereocenters. The monoisotopic (exact) mass is 263 g/mol. The predicted molar refractivity (Wildman–Crippen MR) is 60.2 cm³/mol. The van der Waals surface area contributed by atoms with Gasteiger partial charge in [0.05, 0.1) is 9.82 Å². The third-order valence-corrected chi connectivity index (χ3v) is 3.45. The van der Waals surface area contributed by atoms with Gasteiger partial charge in [0.2, 0.25) is 0 Å². The molecule has 0 N–H and O–H groups in total. The van der Waals surface area contributed by atoms with Crippen LogP contribution in [0.15, 0.2) is 23.1 Å². The van der Waals surface area contributed by atoms with Crippen LogP contribution in [0.2, 0.25) is 0 Å². The normalized spacial score (nSPS) is 11.8. The Morgan fingerprint density at radius 1 is 1.38 bits per heavy atom. The van der Waals surface area contributed by atoms with E-state index in [4.69, 9.17) is 10.7 Å². The van der Waals surface area contributed by atoms with E-state index in [0.29, 0.717) is 5.56 Å². The van der Waals surface area contributed by atoms with Crippen LogP contribution in [-0.4, -0.2) is 13.3 Å². The summed E-state index contributed by atoms with van der Waals surface area (Å²) in [5, 5.41) is 10.8. The second kappa shape index (κ2) is 4.39. The molecule has 1 rings (SSSR count). The molecular weight excluding hydrogens is 254 g/mol. The third-order valence-electron chi connectivity index (χ3n) is 2.10. The van der Waals surface area contributed by atoms with Gasteiger partial charge in [0, 0.05) is 22.3 Å². The lowest BCUT2D eigenvalue weighted by molar-refractivity contribution is -0.385. The lowest BCUT2D eigenvalue weighted by atomic mass is 10.0. The van der Waals surface area contributed by atoms with Crippen molar-refractivity contribution in [2.45, 2.75) is 24.7 Å². The molecule has 1 aromatic carbocycles. The average molecular weight is 264 g/mol. The molecule has 0 bridgehead atoms. The number of hydrogen-bond donors (Lipinski definition) is 0. The molecule has 0 spiro atoms. The van der Waals surface area contributed by atoms with E-state index in [1.807, 2.05) is 0 Å². The minimum Gasteiger partial charge on any atom is -0.258 e. The number of nitro groups is 1. The molecule has 0 atom stereocenters. The first-order valence-electron chi connectivity index (χ1n) is 4.46. The van der Waals surface area contributed by atoms with Crippen molar-refractivity contribution >= 4 is 25.4 Å². The molecule has 88 valence electrons. The standard InChI is InChI=1S/C9H10ClNO4S/c1-6(2)8-4-3-7(16(10,14)15)5-9(8)11(12)13/h3-6H,1-2H3. The predicted octanol–water partition coefficient (Wildman–Crippen LogP) is 2.65. The van der Waals surface area contributed by atoms with E-state index in [2.05, 4.69) is 0 Å². The van der Waals surface area contributed by atoms with E-state index in [1.165, 1.54) is 12.1 Å². The highest BCUT2D eigenvalue weighted by molar-refractivity contribution is 8.13. The van der Waals surface area contributed by atoms with Gasteiger partial charge in [-0.15, -0.1) is 0 Å². The molecule has 0 heterocycles. The summed E-state index contributed by atoms with van der Waals surface area (Å²) in [6.07, 6.45) is 0. The average Bonchev–Trinajstić information content (AvgIpc) is 2.15.